The minimum Gasteiger partial charge on any atom is -0.492 e. The number of nitrogens with one attached hydrogen (secondary N) is 2. The van der Waals surface area contributed by atoms with Crippen LogP contribution in [-0.2, 0) is 10.0 Å². The first-order valence-corrected chi connectivity index (χ1v) is 13.4. The van der Waals surface area contributed by atoms with Gasteiger partial charge in [-0.1, -0.05) is 23.7 Å². The Bertz CT molecular complexity index is 1340. The van der Waals surface area contributed by atoms with Crippen LogP contribution in [0, 0.1) is 0 Å². The van der Waals surface area contributed by atoms with Gasteiger partial charge in [0.05, 0.1) is 24.2 Å². The lowest BCUT2D eigenvalue weighted by molar-refractivity contribution is 0.342. The number of aromatic nitrogens is 2. The van der Waals surface area contributed by atoms with Crippen LogP contribution in [0.5, 0.6) is 5.75 Å². The number of sulfonamides is 1. The molecule has 0 spiro atoms. The van der Waals surface area contributed by atoms with E-state index in [0.29, 0.717) is 23.7 Å². The van der Waals surface area contributed by atoms with Crippen LogP contribution in [0.4, 0.5) is 28.8 Å². The summed E-state index contributed by atoms with van der Waals surface area (Å²) in [6, 6.07) is 12.6. The fraction of sp³-hybridized carbons (Fsp3) is 0.333. The highest BCUT2D eigenvalue weighted by Gasteiger charge is 2.23. The topological polar surface area (TPSA) is 126 Å². The van der Waals surface area contributed by atoms with Crippen molar-refractivity contribution in [2.45, 2.75) is 24.3 Å². The molecular weight excluding hydrogens is 502 g/mol. The number of anilines is 5. The van der Waals surface area contributed by atoms with Crippen LogP contribution in [0.1, 0.15) is 13.3 Å². The summed E-state index contributed by atoms with van der Waals surface area (Å²) in [4.78, 5) is 11.1. The number of nitrogens with zero attached hydrogens (tertiary/aromatic N) is 4. The van der Waals surface area contributed by atoms with E-state index >= 15 is 0 Å². The van der Waals surface area contributed by atoms with E-state index in [9.17, 15) is 8.42 Å². The van der Waals surface area contributed by atoms with Crippen molar-refractivity contribution in [3.05, 3.63) is 53.7 Å². The number of hydrogen-bond donors (Lipinski definition) is 3. The Balaban J connectivity index is 1.61. The lowest BCUT2D eigenvalue weighted by atomic mass is 10.2. The molecule has 1 aliphatic rings. The second-order valence-electron chi connectivity index (χ2n) is 8.53. The number of rotatable bonds is 9. The molecule has 0 unspecified atom stereocenters. The van der Waals surface area contributed by atoms with Crippen LogP contribution in [-0.4, -0.2) is 62.5 Å². The van der Waals surface area contributed by atoms with Gasteiger partial charge in [0.15, 0.2) is 5.82 Å². The van der Waals surface area contributed by atoms with Crippen molar-refractivity contribution < 1.29 is 13.2 Å². The van der Waals surface area contributed by atoms with Gasteiger partial charge >= 0.3 is 0 Å². The number of para-hydroxylation sites is 1. The summed E-state index contributed by atoms with van der Waals surface area (Å²) >= 11 is 6.35. The normalized spacial score (nSPS) is 15.8. The Kier molecular flexibility index (Phi) is 7.84. The fourth-order valence-electron chi connectivity index (χ4n) is 3.86. The van der Waals surface area contributed by atoms with Crippen molar-refractivity contribution in [1.82, 2.24) is 14.3 Å². The van der Waals surface area contributed by atoms with E-state index < -0.39 is 10.0 Å². The van der Waals surface area contributed by atoms with Gasteiger partial charge in [0.25, 0.3) is 0 Å². The maximum Gasteiger partial charge on any atom is 0.244 e. The standard InChI is InChI=1S/C24H30ClN7O3S/c1-4-35-21-13-17(32-12-11-16(26)15-32)9-10-19(21)29-24-27-14-18(25)23(30-24)28-20-7-5-6-8-22(20)36(33,34)31(2)3/h5-10,13-14,16H,4,11-12,15,26H2,1-3H3,(H2,27,28,29,30)/t16-/m1/s1. The molecule has 0 aliphatic carbocycles. The first-order valence-electron chi connectivity index (χ1n) is 11.5. The molecule has 2 heterocycles. The molecule has 1 aliphatic heterocycles. The summed E-state index contributed by atoms with van der Waals surface area (Å²) in [6.45, 7) is 4.11. The minimum atomic E-state index is -3.69. The molecule has 1 saturated heterocycles. The van der Waals surface area contributed by atoms with Gasteiger partial charge < -0.3 is 26.0 Å². The van der Waals surface area contributed by atoms with Crippen molar-refractivity contribution in [2.24, 2.45) is 5.73 Å². The zero-order chi connectivity index (χ0) is 25.9. The smallest absolute Gasteiger partial charge is 0.244 e. The number of hydrogen-bond acceptors (Lipinski definition) is 9. The van der Waals surface area contributed by atoms with Crippen LogP contribution < -0.4 is 26.0 Å². The van der Waals surface area contributed by atoms with Crippen molar-refractivity contribution in [1.29, 1.82) is 0 Å². The highest BCUT2D eigenvalue weighted by Crippen LogP contribution is 2.34. The molecule has 1 fully saturated rings. The monoisotopic (exact) mass is 531 g/mol. The van der Waals surface area contributed by atoms with Crippen molar-refractivity contribution in [3.63, 3.8) is 0 Å². The van der Waals surface area contributed by atoms with Crippen LogP contribution in [0.3, 0.4) is 0 Å². The van der Waals surface area contributed by atoms with Gasteiger partial charge in [-0.2, -0.15) is 4.98 Å². The highest BCUT2D eigenvalue weighted by atomic mass is 35.5. The molecule has 0 radical (unpaired) electrons. The quantitative estimate of drug-likeness (QED) is 0.378. The predicted molar refractivity (Wildman–Crippen MR) is 143 cm³/mol. The van der Waals surface area contributed by atoms with E-state index in [4.69, 9.17) is 22.1 Å². The molecule has 0 amide bonds. The minimum absolute atomic E-state index is 0.107. The molecule has 0 bridgehead atoms. The van der Waals surface area contributed by atoms with Crippen molar-refractivity contribution in [2.75, 3.05) is 49.3 Å². The molecule has 0 saturated carbocycles. The number of nitrogens with two attached hydrogens (primary N) is 1. The van der Waals surface area contributed by atoms with Gasteiger partial charge in [0.1, 0.15) is 15.7 Å². The van der Waals surface area contributed by atoms with E-state index in [2.05, 4.69) is 25.5 Å². The van der Waals surface area contributed by atoms with E-state index in [-0.39, 0.29) is 27.7 Å². The average molecular weight is 532 g/mol. The molecule has 4 N–H and O–H groups in total. The molecule has 4 rings (SSSR count). The Morgan fingerprint density at radius 2 is 1.97 bits per heavy atom. The third-order valence-corrected chi connectivity index (χ3v) is 7.89. The number of benzene rings is 2. The zero-order valence-electron chi connectivity index (χ0n) is 20.4. The van der Waals surface area contributed by atoms with Gasteiger partial charge in [-0.15, -0.1) is 0 Å². The fourth-order valence-corrected chi connectivity index (χ4v) is 5.04. The lowest BCUT2D eigenvalue weighted by Crippen LogP contribution is -2.26. The summed E-state index contributed by atoms with van der Waals surface area (Å²) < 4.78 is 32.5. The Morgan fingerprint density at radius 1 is 1.19 bits per heavy atom. The van der Waals surface area contributed by atoms with Gasteiger partial charge in [-0.05, 0) is 37.6 Å². The Labute approximate surface area is 216 Å². The van der Waals surface area contributed by atoms with Gasteiger partial charge in [-0.25, -0.2) is 17.7 Å². The van der Waals surface area contributed by atoms with E-state index in [1.807, 2.05) is 25.1 Å². The van der Waals surface area contributed by atoms with Crippen LogP contribution >= 0.6 is 11.6 Å². The maximum absolute atomic E-state index is 12.8. The Hall–Kier alpha value is -3.12. The first-order chi connectivity index (χ1) is 17.2. The van der Waals surface area contributed by atoms with Crippen molar-refractivity contribution in [3.8, 4) is 5.75 Å². The molecule has 36 heavy (non-hydrogen) atoms. The summed E-state index contributed by atoms with van der Waals surface area (Å²) in [7, 11) is -0.731. The summed E-state index contributed by atoms with van der Waals surface area (Å²) in [5, 5.41) is 6.46. The molecule has 12 heteroatoms. The summed E-state index contributed by atoms with van der Waals surface area (Å²) in [6.07, 6.45) is 2.40. The predicted octanol–water partition coefficient (Wildman–Crippen LogP) is 3.80. The molecule has 10 nitrogen and oxygen atoms in total. The second kappa shape index (κ2) is 10.9. The first kappa shape index (κ1) is 26.0. The molecule has 192 valence electrons. The van der Waals surface area contributed by atoms with E-state index in [0.717, 1.165) is 29.5 Å². The second-order valence-corrected chi connectivity index (χ2v) is 11.1. The van der Waals surface area contributed by atoms with Gasteiger partial charge in [0, 0.05) is 45.0 Å². The molecule has 1 aromatic heterocycles. The van der Waals surface area contributed by atoms with Crippen molar-refractivity contribution >= 4 is 50.5 Å². The largest absolute Gasteiger partial charge is 0.492 e. The average Bonchev–Trinajstić information content (AvgIpc) is 3.29. The SMILES string of the molecule is CCOc1cc(N2CC[C@@H](N)C2)ccc1Nc1ncc(Cl)c(Nc2ccccc2S(=O)(=O)N(C)C)n1. The maximum atomic E-state index is 12.8. The summed E-state index contributed by atoms with van der Waals surface area (Å²) in [5.74, 6) is 1.19. The highest BCUT2D eigenvalue weighted by molar-refractivity contribution is 7.89. The zero-order valence-corrected chi connectivity index (χ0v) is 22.0. The van der Waals surface area contributed by atoms with Crippen LogP contribution in [0.15, 0.2) is 53.6 Å². The Morgan fingerprint density at radius 3 is 2.67 bits per heavy atom. The van der Waals surface area contributed by atoms with E-state index in [1.165, 1.54) is 26.4 Å². The molecule has 3 aromatic rings. The van der Waals surface area contributed by atoms with Gasteiger partial charge in [-0.3, -0.25) is 0 Å². The molecular formula is C24H30ClN7O3S. The molecule has 1 atom stereocenters. The van der Waals surface area contributed by atoms with E-state index in [1.54, 1.807) is 18.2 Å². The summed E-state index contributed by atoms with van der Waals surface area (Å²) in [5.41, 5.74) is 8.14. The number of ether oxygens (including phenoxy) is 1. The van der Waals surface area contributed by atoms with Gasteiger partial charge in [0.2, 0.25) is 16.0 Å². The third-order valence-electron chi connectivity index (χ3n) is 5.74. The lowest BCUT2D eigenvalue weighted by Gasteiger charge is -2.21. The third kappa shape index (κ3) is 5.65. The number of halogens is 1. The van der Waals surface area contributed by atoms with Crippen LogP contribution in [0.25, 0.3) is 0 Å². The molecule has 2 aromatic carbocycles. The van der Waals surface area contributed by atoms with Crippen LogP contribution in [0.2, 0.25) is 5.02 Å².